The van der Waals surface area contributed by atoms with Gasteiger partial charge in [0, 0.05) is 5.38 Å². The Bertz CT molecular complexity index is 397. The van der Waals surface area contributed by atoms with Crippen LogP contribution < -0.4 is 0 Å². The van der Waals surface area contributed by atoms with Gasteiger partial charge in [0.05, 0.1) is 13.2 Å². The van der Waals surface area contributed by atoms with Gasteiger partial charge in [-0.3, -0.25) is 4.79 Å². The minimum atomic E-state index is -4.90. The van der Waals surface area contributed by atoms with Crippen LogP contribution in [0.2, 0.25) is 0 Å². The van der Waals surface area contributed by atoms with Crippen molar-refractivity contribution in [2.75, 3.05) is 13.2 Å². The Balaban J connectivity index is 2.16. The summed E-state index contributed by atoms with van der Waals surface area (Å²) in [6, 6.07) is 0. The number of hydrogen-bond donors (Lipinski definition) is 0. The minimum absolute atomic E-state index is 0.204. The normalized spacial score (nSPS) is 17.9. The number of hydrogen-bond acceptors (Lipinski definition) is 5. The Kier molecular flexibility index (Phi) is 2.96. The van der Waals surface area contributed by atoms with Crippen molar-refractivity contribution >= 4 is 17.1 Å². The predicted molar refractivity (Wildman–Crippen MR) is 47.1 cm³/mol. The number of ketones is 1. The van der Waals surface area contributed by atoms with E-state index < -0.39 is 23.3 Å². The highest BCUT2D eigenvalue weighted by molar-refractivity contribution is 7.11. The van der Waals surface area contributed by atoms with Gasteiger partial charge in [0.25, 0.3) is 5.78 Å². The van der Waals surface area contributed by atoms with Gasteiger partial charge in [0.1, 0.15) is 5.69 Å². The number of rotatable bonds is 2. The molecular formula is C8H6F3NO3S. The monoisotopic (exact) mass is 253 g/mol. The van der Waals surface area contributed by atoms with Crippen molar-refractivity contribution in [2.24, 2.45) is 0 Å². The third-order valence-corrected chi connectivity index (χ3v) is 2.70. The summed E-state index contributed by atoms with van der Waals surface area (Å²) >= 11 is 0.631. The van der Waals surface area contributed by atoms with Crippen molar-refractivity contribution in [1.29, 1.82) is 0 Å². The van der Waals surface area contributed by atoms with Crippen LogP contribution in [0, 0.1) is 0 Å². The van der Waals surface area contributed by atoms with E-state index in [1.165, 1.54) is 5.38 Å². The van der Waals surface area contributed by atoms with Crippen LogP contribution in [0.15, 0.2) is 5.38 Å². The second-order valence-electron chi connectivity index (χ2n) is 2.98. The van der Waals surface area contributed by atoms with Crippen LogP contribution in [-0.2, 0) is 9.47 Å². The SMILES string of the molecule is O=C(c1nc(C2OCCO2)cs1)C(F)(F)F. The van der Waals surface area contributed by atoms with Gasteiger partial charge >= 0.3 is 6.18 Å². The van der Waals surface area contributed by atoms with Crippen LogP contribution in [0.5, 0.6) is 0 Å². The van der Waals surface area contributed by atoms with Crippen molar-refractivity contribution in [3.63, 3.8) is 0 Å². The van der Waals surface area contributed by atoms with Gasteiger partial charge in [0.15, 0.2) is 5.01 Å². The Morgan fingerprint density at radius 1 is 1.44 bits per heavy atom. The molecular weight excluding hydrogens is 247 g/mol. The molecule has 0 N–H and O–H groups in total. The van der Waals surface area contributed by atoms with Gasteiger partial charge in [-0.2, -0.15) is 13.2 Å². The molecule has 0 amide bonds. The van der Waals surface area contributed by atoms with Crippen molar-refractivity contribution in [3.8, 4) is 0 Å². The van der Waals surface area contributed by atoms with Gasteiger partial charge < -0.3 is 9.47 Å². The summed E-state index contributed by atoms with van der Waals surface area (Å²) in [5.74, 6) is -1.94. The van der Waals surface area contributed by atoms with Gasteiger partial charge in [-0.1, -0.05) is 0 Å². The standard InChI is InChI=1S/C8H6F3NO3S/c9-8(10,11)5(13)6-12-4(3-16-6)7-14-1-2-15-7/h3,7H,1-2H2. The topological polar surface area (TPSA) is 48.4 Å². The van der Waals surface area contributed by atoms with E-state index in [9.17, 15) is 18.0 Å². The molecule has 1 fully saturated rings. The molecule has 88 valence electrons. The van der Waals surface area contributed by atoms with Crippen LogP contribution in [0.1, 0.15) is 21.8 Å². The van der Waals surface area contributed by atoms with E-state index in [0.717, 1.165) is 0 Å². The van der Waals surface area contributed by atoms with E-state index in [1.807, 2.05) is 0 Å². The average molecular weight is 253 g/mol. The molecule has 1 aromatic rings. The molecule has 4 nitrogen and oxygen atoms in total. The van der Waals surface area contributed by atoms with E-state index in [4.69, 9.17) is 9.47 Å². The number of ether oxygens (including phenoxy) is 2. The lowest BCUT2D eigenvalue weighted by atomic mass is 10.4. The Morgan fingerprint density at radius 2 is 2.06 bits per heavy atom. The maximum atomic E-state index is 12.1. The lowest BCUT2D eigenvalue weighted by Gasteiger charge is -2.04. The first-order chi connectivity index (χ1) is 7.48. The molecule has 0 atom stereocenters. The van der Waals surface area contributed by atoms with E-state index in [1.54, 1.807) is 0 Å². The molecule has 1 aliphatic rings. The largest absolute Gasteiger partial charge is 0.457 e. The molecule has 0 radical (unpaired) electrons. The second-order valence-corrected chi connectivity index (χ2v) is 3.84. The zero-order valence-electron chi connectivity index (χ0n) is 7.78. The van der Waals surface area contributed by atoms with Gasteiger partial charge in [0.2, 0.25) is 6.29 Å². The van der Waals surface area contributed by atoms with Gasteiger partial charge in [-0.05, 0) is 0 Å². The summed E-state index contributed by atoms with van der Waals surface area (Å²) in [5, 5.41) is 0.733. The summed E-state index contributed by atoms with van der Waals surface area (Å²) in [7, 11) is 0. The summed E-state index contributed by atoms with van der Waals surface area (Å²) in [4.78, 5) is 14.4. The maximum Gasteiger partial charge on any atom is 0.457 e. The Hall–Kier alpha value is -0.990. The van der Waals surface area contributed by atoms with Crippen LogP contribution in [0.3, 0.4) is 0 Å². The fourth-order valence-electron chi connectivity index (χ4n) is 1.15. The summed E-state index contributed by atoms with van der Waals surface area (Å²) in [6.07, 6.45) is -5.65. The number of Topliss-reactive ketones (excluding diaryl/α,β-unsaturated/α-hetero) is 1. The molecule has 1 saturated heterocycles. The van der Waals surface area contributed by atoms with Crippen molar-refractivity contribution in [1.82, 2.24) is 4.98 Å². The van der Waals surface area contributed by atoms with E-state index in [2.05, 4.69) is 4.98 Å². The molecule has 2 rings (SSSR count). The van der Waals surface area contributed by atoms with Crippen molar-refractivity contribution in [3.05, 3.63) is 16.1 Å². The molecule has 0 aliphatic carbocycles. The quantitative estimate of drug-likeness (QED) is 0.756. The first-order valence-electron chi connectivity index (χ1n) is 4.28. The average Bonchev–Trinajstić information content (AvgIpc) is 2.85. The van der Waals surface area contributed by atoms with Crippen LogP contribution in [0.4, 0.5) is 13.2 Å². The van der Waals surface area contributed by atoms with Crippen molar-refractivity contribution in [2.45, 2.75) is 12.5 Å². The summed E-state index contributed by atoms with van der Waals surface area (Å²) in [5.41, 5.74) is 0.204. The van der Waals surface area contributed by atoms with Crippen LogP contribution >= 0.6 is 11.3 Å². The number of carbonyl (C=O) groups excluding carboxylic acids is 1. The molecule has 1 aliphatic heterocycles. The van der Waals surface area contributed by atoms with Crippen LogP contribution in [0.25, 0.3) is 0 Å². The van der Waals surface area contributed by atoms with Gasteiger partial charge in [-0.25, -0.2) is 4.98 Å². The summed E-state index contributed by atoms with van der Waals surface area (Å²) < 4.78 is 46.3. The highest BCUT2D eigenvalue weighted by Gasteiger charge is 2.41. The molecule has 1 aromatic heterocycles. The zero-order chi connectivity index (χ0) is 11.8. The predicted octanol–water partition coefficient (Wildman–Crippen LogP) is 1.93. The fourth-order valence-corrected chi connectivity index (χ4v) is 1.93. The molecule has 0 spiro atoms. The Morgan fingerprint density at radius 3 is 2.62 bits per heavy atom. The maximum absolute atomic E-state index is 12.1. The number of thiazole rings is 1. The molecule has 0 unspecified atom stereocenters. The number of aromatic nitrogens is 1. The zero-order valence-corrected chi connectivity index (χ0v) is 8.60. The third-order valence-electron chi connectivity index (χ3n) is 1.84. The second kappa shape index (κ2) is 4.11. The molecule has 8 heteroatoms. The van der Waals surface area contributed by atoms with E-state index in [0.29, 0.717) is 24.6 Å². The number of carbonyl (C=O) groups is 1. The number of halogens is 3. The van der Waals surface area contributed by atoms with Crippen LogP contribution in [-0.4, -0.2) is 30.2 Å². The lowest BCUT2D eigenvalue weighted by Crippen LogP contribution is -2.22. The molecule has 16 heavy (non-hydrogen) atoms. The minimum Gasteiger partial charge on any atom is -0.345 e. The Labute approximate surface area is 92.0 Å². The summed E-state index contributed by atoms with van der Waals surface area (Å²) in [6.45, 7) is 0.732. The molecule has 0 bridgehead atoms. The smallest absolute Gasteiger partial charge is 0.345 e. The lowest BCUT2D eigenvalue weighted by molar-refractivity contribution is -0.0886. The third kappa shape index (κ3) is 2.23. The van der Waals surface area contributed by atoms with Crippen molar-refractivity contribution < 1.29 is 27.4 Å². The molecule has 0 aromatic carbocycles. The number of alkyl halides is 3. The first-order valence-corrected chi connectivity index (χ1v) is 5.16. The first kappa shape index (κ1) is 11.5. The van der Waals surface area contributed by atoms with Gasteiger partial charge in [-0.15, -0.1) is 11.3 Å². The van der Waals surface area contributed by atoms with E-state index in [-0.39, 0.29) is 5.69 Å². The van der Waals surface area contributed by atoms with E-state index >= 15 is 0 Å². The molecule has 0 saturated carbocycles. The highest BCUT2D eigenvalue weighted by Crippen LogP contribution is 2.28. The number of nitrogens with zero attached hydrogens (tertiary/aromatic N) is 1. The molecule has 2 heterocycles. The fraction of sp³-hybridized carbons (Fsp3) is 0.500. The highest BCUT2D eigenvalue weighted by atomic mass is 32.1.